The van der Waals surface area contributed by atoms with Crippen LogP contribution in [0.4, 0.5) is 5.69 Å². The van der Waals surface area contributed by atoms with Crippen molar-refractivity contribution in [3.63, 3.8) is 0 Å². The van der Waals surface area contributed by atoms with Crippen LogP contribution >= 0.6 is 11.8 Å². The van der Waals surface area contributed by atoms with Gasteiger partial charge in [-0.05, 0) is 48.6 Å². The Morgan fingerprint density at radius 3 is 2.90 bits per heavy atom. The molecule has 4 nitrogen and oxygen atoms in total. The average Bonchev–Trinajstić information content (AvgIpc) is 2.96. The molecule has 108 valence electrons. The van der Waals surface area contributed by atoms with Crippen molar-refractivity contribution >= 4 is 23.4 Å². The number of hydrogen-bond donors (Lipinski definition) is 1. The zero-order valence-corrected chi connectivity index (χ0v) is 12.6. The highest BCUT2D eigenvalue weighted by atomic mass is 32.2. The van der Waals surface area contributed by atoms with Crippen LogP contribution in [0.3, 0.4) is 0 Å². The van der Waals surface area contributed by atoms with Crippen LogP contribution in [-0.2, 0) is 17.6 Å². The van der Waals surface area contributed by atoms with E-state index in [9.17, 15) is 4.79 Å². The number of nitrogens with two attached hydrogens (primary N) is 1. The molecule has 1 heterocycles. The summed E-state index contributed by atoms with van der Waals surface area (Å²) < 4.78 is 4.73. The number of rotatable bonds is 3. The number of esters is 1. The number of anilines is 1. The molecule has 0 aliphatic heterocycles. The molecule has 0 atom stereocenters. The first-order valence-electron chi connectivity index (χ1n) is 6.81. The van der Waals surface area contributed by atoms with E-state index in [0.29, 0.717) is 11.3 Å². The molecule has 0 spiro atoms. The number of nitrogens with zero attached hydrogens (tertiary/aromatic N) is 1. The summed E-state index contributed by atoms with van der Waals surface area (Å²) in [5.41, 5.74) is 9.32. The van der Waals surface area contributed by atoms with E-state index in [0.717, 1.165) is 16.3 Å². The molecule has 1 aromatic carbocycles. The number of carbonyl (C=O) groups is 1. The Balaban J connectivity index is 1.86. The quantitative estimate of drug-likeness (QED) is 0.882. The van der Waals surface area contributed by atoms with Gasteiger partial charge in [-0.1, -0.05) is 17.8 Å². The van der Waals surface area contributed by atoms with Crippen molar-refractivity contribution in [3.8, 4) is 0 Å². The standard InChI is InChI=1S/C16H16N2O2S/c1-20-16(19)13-8-15(18-9-14(13)17)21-12-6-5-10-3-2-4-11(10)7-12/h5-9H,2-4,17H2,1H3. The molecule has 0 radical (unpaired) electrons. The number of ether oxygens (including phenoxy) is 1. The summed E-state index contributed by atoms with van der Waals surface area (Å²) >= 11 is 1.53. The number of pyridine rings is 1. The summed E-state index contributed by atoms with van der Waals surface area (Å²) in [6, 6.07) is 8.18. The van der Waals surface area contributed by atoms with Crippen molar-refractivity contribution in [1.82, 2.24) is 4.98 Å². The van der Waals surface area contributed by atoms with Gasteiger partial charge >= 0.3 is 5.97 Å². The van der Waals surface area contributed by atoms with Gasteiger partial charge in [0.1, 0.15) is 5.03 Å². The van der Waals surface area contributed by atoms with E-state index in [1.165, 1.54) is 49.0 Å². The Morgan fingerprint density at radius 2 is 2.10 bits per heavy atom. The fourth-order valence-corrected chi connectivity index (χ4v) is 3.38. The number of carbonyl (C=O) groups excluding carboxylic acids is 1. The van der Waals surface area contributed by atoms with Crippen LogP contribution in [-0.4, -0.2) is 18.1 Å². The highest BCUT2D eigenvalue weighted by molar-refractivity contribution is 7.99. The maximum absolute atomic E-state index is 11.7. The molecule has 2 aromatic rings. The highest BCUT2D eigenvalue weighted by Crippen LogP contribution is 2.32. The van der Waals surface area contributed by atoms with Crippen molar-refractivity contribution in [2.45, 2.75) is 29.2 Å². The molecule has 21 heavy (non-hydrogen) atoms. The molecule has 2 N–H and O–H groups in total. The third kappa shape index (κ3) is 2.88. The first kappa shape index (κ1) is 13.9. The SMILES string of the molecule is COC(=O)c1cc(Sc2ccc3c(c2)CCC3)ncc1N. The molecule has 0 amide bonds. The van der Waals surface area contributed by atoms with Gasteiger partial charge in [-0.15, -0.1) is 0 Å². The average molecular weight is 300 g/mol. The van der Waals surface area contributed by atoms with Gasteiger partial charge in [-0.2, -0.15) is 0 Å². The highest BCUT2D eigenvalue weighted by Gasteiger charge is 2.14. The van der Waals surface area contributed by atoms with E-state index in [1.807, 2.05) is 0 Å². The molecule has 3 rings (SSSR count). The van der Waals surface area contributed by atoms with E-state index < -0.39 is 5.97 Å². The van der Waals surface area contributed by atoms with Crippen LogP contribution in [0.5, 0.6) is 0 Å². The lowest BCUT2D eigenvalue weighted by Gasteiger charge is -2.07. The van der Waals surface area contributed by atoms with E-state index in [4.69, 9.17) is 10.5 Å². The third-order valence-corrected chi connectivity index (χ3v) is 4.53. The summed E-state index contributed by atoms with van der Waals surface area (Å²) in [4.78, 5) is 17.1. The zero-order chi connectivity index (χ0) is 14.8. The minimum atomic E-state index is -0.439. The summed E-state index contributed by atoms with van der Waals surface area (Å²) in [6.45, 7) is 0. The minimum Gasteiger partial charge on any atom is -0.465 e. The van der Waals surface area contributed by atoms with E-state index in [2.05, 4.69) is 23.2 Å². The van der Waals surface area contributed by atoms with Gasteiger partial charge in [0.2, 0.25) is 0 Å². The number of methoxy groups -OCH3 is 1. The van der Waals surface area contributed by atoms with Crippen LogP contribution in [0.15, 0.2) is 40.4 Å². The topological polar surface area (TPSA) is 65.2 Å². The van der Waals surface area contributed by atoms with Crippen LogP contribution in [0.2, 0.25) is 0 Å². The van der Waals surface area contributed by atoms with E-state index in [1.54, 1.807) is 6.07 Å². The largest absolute Gasteiger partial charge is 0.465 e. The number of hydrogen-bond acceptors (Lipinski definition) is 5. The molecule has 5 heteroatoms. The lowest BCUT2D eigenvalue weighted by atomic mass is 10.1. The van der Waals surface area contributed by atoms with Crippen LogP contribution in [0.1, 0.15) is 27.9 Å². The number of nitrogen functional groups attached to an aromatic ring is 1. The van der Waals surface area contributed by atoms with Gasteiger partial charge < -0.3 is 10.5 Å². The first-order chi connectivity index (χ1) is 10.2. The molecular weight excluding hydrogens is 284 g/mol. The predicted octanol–water partition coefficient (Wildman–Crippen LogP) is 3.09. The van der Waals surface area contributed by atoms with Gasteiger partial charge in [0.25, 0.3) is 0 Å². The minimum absolute atomic E-state index is 0.333. The number of aryl methyl sites for hydroxylation is 2. The van der Waals surface area contributed by atoms with Gasteiger partial charge in [-0.25, -0.2) is 9.78 Å². The zero-order valence-electron chi connectivity index (χ0n) is 11.8. The first-order valence-corrected chi connectivity index (χ1v) is 7.62. The Kier molecular flexibility index (Phi) is 3.84. The maximum atomic E-state index is 11.7. The van der Waals surface area contributed by atoms with Crippen molar-refractivity contribution < 1.29 is 9.53 Å². The Labute approximate surface area is 127 Å². The Morgan fingerprint density at radius 1 is 1.29 bits per heavy atom. The Bertz CT molecular complexity index is 701. The molecule has 1 aromatic heterocycles. The predicted molar refractivity (Wildman–Crippen MR) is 82.6 cm³/mol. The molecular formula is C16H16N2O2S. The van der Waals surface area contributed by atoms with Crippen molar-refractivity contribution in [1.29, 1.82) is 0 Å². The molecule has 0 unspecified atom stereocenters. The normalized spacial score (nSPS) is 13.0. The van der Waals surface area contributed by atoms with E-state index >= 15 is 0 Å². The monoisotopic (exact) mass is 300 g/mol. The van der Waals surface area contributed by atoms with Crippen molar-refractivity contribution in [2.75, 3.05) is 12.8 Å². The van der Waals surface area contributed by atoms with Crippen LogP contribution in [0.25, 0.3) is 0 Å². The second kappa shape index (κ2) is 5.77. The van der Waals surface area contributed by atoms with Gasteiger partial charge in [0.05, 0.1) is 24.6 Å². The van der Waals surface area contributed by atoms with E-state index in [-0.39, 0.29) is 0 Å². The second-order valence-corrected chi connectivity index (χ2v) is 6.08. The second-order valence-electron chi connectivity index (χ2n) is 4.99. The molecule has 0 saturated carbocycles. The lowest BCUT2D eigenvalue weighted by Crippen LogP contribution is -2.06. The fourth-order valence-electron chi connectivity index (χ4n) is 2.52. The summed E-state index contributed by atoms with van der Waals surface area (Å²) in [5.74, 6) is -0.439. The molecule has 0 bridgehead atoms. The number of fused-ring (bicyclic) bond motifs is 1. The lowest BCUT2D eigenvalue weighted by molar-refractivity contribution is 0.0601. The molecule has 0 saturated heterocycles. The van der Waals surface area contributed by atoms with Gasteiger partial charge in [-0.3, -0.25) is 0 Å². The molecule has 0 fully saturated rings. The number of aromatic nitrogens is 1. The smallest absolute Gasteiger partial charge is 0.340 e. The van der Waals surface area contributed by atoms with Crippen molar-refractivity contribution in [2.24, 2.45) is 0 Å². The molecule has 1 aliphatic rings. The Hall–Kier alpha value is -2.01. The van der Waals surface area contributed by atoms with Crippen LogP contribution in [0, 0.1) is 0 Å². The van der Waals surface area contributed by atoms with Gasteiger partial charge in [0, 0.05) is 4.90 Å². The summed E-state index contributed by atoms with van der Waals surface area (Å²) in [5, 5.41) is 0.738. The molecule has 1 aliphatic carbocycles. The third-order valence-electron chi connectivity index (χ3n) is 3.61. The summed E-state index contributed by atoms with van der Waals surface area (Å²) in [7, 11) is 1.34. The van der Waals surface area contributed by atoms with Crippen LogP contribution < -0.4 is 5.73 Å². The maximum Gasteiger partial charge on any atom is 0.340 e. The van der Waals surface area contributed by atoms with Gasteiger partial charge in [0.15, 0.2) is 0 Å². The fraction of sp³-hybridized carbons (Fsp3) is 0.250. The number of benzene rings is 1. The van der Waals surface area contributed by atoms with Crippen molar-refractivity contribution in [3.05, 3.63) is 47.2 Å². The summed E-state index contributed by atoms with van der Waals surface area (Å²) in [6.07, 6.45) is 5.05.